The van der Waals surface area contributed by atoms with Crippen molar-refractivity contribution in [3.05, 3.63) is 106 Å². The lowest BCUT2D eigenvalue weighted by Crippen LogP contribution is -2.41. The molecule has 4 rings (SSSR count). The predicted octanol–water partition coefficient (Wildman–Crippen LogP) is 6.60. The molecule has 39 heavy (non-hydrogen) atoms. The van der Waals surface area contributed by atoms with Crippen LogP contribution in [0.25, 0.3) is 11.3 Å². The summed E-state index contributed by atoms with van der Waals surface area (Å²) in [6.07, 6.45) is 1.26. The third-order valence-electron chi connectivity index (χ3n) is 6.52. The minimum absolute atomic E-state index is 0.160. The number of amides is 1. The van der Waals surface area contributed by atoms with E-state index in [2.05, 4.69) is 53.5 Å². The fourth-order valence-corrected chi connectivity index (χ4v) is 5.40. The summed E-state index contributed by atoms with van der Waals surface area (Å²) < 4.78 is 0. The first-order valence-corrected chi connectivity index (χ1v) is 14.1. The molecule has 202 valence electrons. The maximum atomic E-state index is 12.7. The van der Waals surface area contributed by atoms with E-state index >= 15 is 0 Å². The Morgan fingerprint density at radius 2 is 1.56 bits per heavy atom. The van der Waals surface area contributed by atoms with Crippen LogP contribution in [0.3, 0.4) is 0 Å². The Bertz CT molecular complexity index is 1370. The van der Waals surface area contributed by atoms with Crippen LogP contribution < -0.4 is 10.2 Å². The van der Waals surface area contributed by atoms with Crippen molar-refractivity contribution in [3.8, 4) is 11.3 Å². The van der Waals surface area contributed by atoms with Crippen LogP contribution in [-0.4, -0.2) is 34.6 Å². The van der Waals surface area contributed by atoms with Gasteiger partial charge in [-0.15, -0.1) is 11.3 Å². The van der Waals surface area contributed by atoms with E-state index in [1.54, 1.807) is 23.5 Å². The second-order valence-electron chi connectivity index (χ2n) is 10.1. The molecule has 0 fully saturated rings. The van der Waals surface area contributed by atoms with Gasteiger partial charge < -0.3 is 15.3 Å². The van der Waals surface area contributed by atoms with Gasteiger partial charge in [-0.1, -0.05) is 86.6 Å². The minimum atomic E-state index is -1.02. The molecule has 1 unspecified atom stereocenters. The molecule has 1 amide bonds. The smallest absolute Gasteiger partial charge is 0.326 e. The highest BCUT2D eigenvalue weighted by molar-refractivity contribution is 7.16. The molecule has 0 aliphatic heterocycles. The number of nitrogens with zero attached hydrogens (tertiary/aromatic N) is 2. The van der Waals surface area contributed by atoms with Crippen molar-refractivity contribution in [1.29, 1.82) is 0 Å². The van der Waals surface area contributed by atoms with Crippen LogP contribution in [0, 0.1) is 12.8 Å². The molecule has 7 heteroatoms. The molecule has 4 aromatic rings. The Labute approximate surface area is 234 Å². The highest BCUT2D eigenvalue weighted by atomic mass is 32.1. The van der Waals surface area contributed by atoms with Gasteiger partial charge in [0.05, 0.1) is 5.69 Å². The normalized spacial score (nSPS) is 11.8. The summed E-state index contributed by atoms with van der Waals surface area (Å²) in [6, 6.07) is 27.1. The summed E-state index contributed by atoms with van der Waals surface area (Å²) in [4.78, 5) is 32.8. The summed E-state index contributed by atoms with van der Waals surface area (Å²) in [5, 5.41) is 13.1. The Kier molecular flexibility index (Phi) is 9.49. The molecule has 2 N–H and O–H groups in total. The first-order valence-electron chi connectivity index (χ1n) is 13.2. The van der Waals surface area contributed by atoms with Crippen LogP contribution >= 0.6 is 11.3 Å². The number of carboxylic acids is 1. The maximum absolute atomic E-state index is 12.7. The van der Waals surface area contributed by atoms with E-state index in [4.69, 9.17) is 4.98 Å². The first kappa shape index (κ1) is 28.0. The van der Waals surface area contributed by atoms with Crippen molar-refractivity contribution in [3.63, 3.8) is 0 Å². The van der Waals surface area contributed by atoms with Gasteiger partial charge in [-0.3, -0.25) is 4.79 Å². The Hall–Kier alpha value is -3.97. The van der Waals surface area contributed by atoms with Gasteiger partial charge in [-0.2, -0.15) is 0 Å². The highest BCUT2D eigenvalue weighted by Crippen LogP contribution is 2.33. The number of benzene rings is 3. The summed E-state index contributed by atoms with van der Waals surface area (Å²) in [7, 11) is 0. The maximum Gasteiger partial charge on any atom is 0.326 e. The monoisotopic (exact) mass is 541 g/mol. The lowest BCUT2D eigenvalue weighted by atomic mass is 10.0. The van der Waals surface area contributed by atoms with E-state index < -0.39 is 12.0 Å². The standard InChI is InChI=1S/C32H35N3O3S/c1-22(2)20-28(31(37)38)33-30(36)27-16-14-25(15-17-27)21-35(19-18-24-10-6-4-7-11-24)32-34-29(23(3)39-32)26-12-8-5-9-13-26/h4-17,22,28H,18-21H2,1-3H3,(H,33,36)(H,37,38). The second-order valence-corrected chi connectivity index (χ2v) is 11.3. The van der Waals surface area contributed by atoms with Crippen LogP contribution in [0.1, 0.15) is 46.6 Å². The molecule has 0 radical (unpaired) electrons. The van der Waals surface area contributed by atoms with Gasteiger partial charge in [0, 0.05) is 29.1 Å². The molecule has 1 aromatic heterocycles. The Morgan fingerprint density at radius 1 is 0.923 bits per heavy atom. The quantitative estimate of drug-likeness (QED) is 0.211. The van der Waals surface area contributed by atoms with Gasteiger partial charge in [-0.25, -0.2) is 9.78 Å². The third kappa shape index (κ3) is 7.77. The molecule has 1 heterocycles. The number of carboxylic acid groups (broad SMARTS) is 1. The molecule has 1 atom stereocenters. The first-order chi connectivity index (χ1) is 18.8. The van der Waals surface area contributed by atoms with Crippen molar-refractivity contribution in [1.82, 2.24) is 10.3 Å². The van der Waals surface area contributed by atoms with Crippen molar-refractivity contribution in [2.75, 3.05) is 11.4 Å². The van der Waals surface area contributed by atoms with E-state index in [1.807, 2.05) is 50.2 Å². The predicted molar refractivity (Wildman–Crippen MR) is 158 cm³/mol. The fourth-order valence-electron chi connectivity index (χ4n) is 4.45. The van der Waals surface area contributed by atoms with Crippen molar-refractivity contribution in [2.45, 2.75) is 46.2 Å². The summed E-state index contributed by atoms with van der Waals surface area (Å²) in [6.45, 7) is 7.42. The van der Waals surface area contributed by atoms with Crippen LogP contribution in [0.15, 0.2) is 84.9 Å². The van der Waals surface area contributed by atoms with E-state index in [1.165, 1.54) is 10.4 Å². The number of aryl methyl sites for hydroxylation is 1. The number of anilines is 1. The van der Waals surface area contributed by atoms with Gasteiger partial charge in [0.25, 0.3) is 5.91 Å². The molecular formula is C32H35N3O3S. The van der Waals surface area contributed by atoms with Crippen LogP contribution in [0.4, 0.5) is 5.13 Å². The fraction of sp³-hybridized carbons (Fsp3) is 0.281. The van der Waals surface area contributed by atoms with Gasteiger partial charge in [0.2, 0.25) is 0 Å². The van der Waals surface area contributed by atoms with E-state index in [0.29, 0.717) is 18.5 Å². The van der Waals surface area contributed by atoms with E-state index in [0.717, 1.165) is 34.9 Å². The summed E-state index contributed by atoms with van der Waals surface area (Å²) in [5.41, 5.74) is 4.86. The zero-order valence-corrected chi connectivity index (χ0v) is 23.4. The average molecular weight is 542 g/mol. The lowest BCUT2D eigenvalue weighted by molar-refractivity contribution is -0.139. The number of aromatic nitrogens is 1. The average Bonchev–Trinajstić information content (AvgIpc) is 3.33. The number of carbonyl (C=O) groups excluding carboxylic acids is 1. The molecular weight excluding hydrogens is 506 g/mol. The lowest BCUT2D eigenvalue weighted by Gasteiger charge is -2.22. The number of hydrogen-bond donors (Lipinski definition) is 2. The SMILES string of the molecule is Cc1sc(N(CCc2ccccc2)Cc2ccc(C(=O)NC(CC(C)C)C(=O)O)cc2)nc1-c1ccccc1. The van der Waals surface area contributed by atoms with Gasteiger partial charge in [0.1, 0.15) is 6.04 Å². The Morgan fingerprint density at radius 3 is 2.18 bits per heavy atom. The zero-order chi connectivity index (χ0) is 27.8. The van der Waals surface area contributed by atoms with Gasteiger partial charge in [0.15, 0.2) is 5.13 Å². The molecule has 0 bridgehead atoms. The summed E-state index contributed by atoms with van der Waals surface area (Å²) >= 11 is 1.69. The number of aliphatic carboxylic acids is 1. The largest absolute Gasteiger partial charge is 0.480 e. The number of hydrogen-bond acceptors (Lipinski definition) is 5. The van der Waals surface area contributed by atoms with Crippen LogP contribution in [0.2, 0.25) is 0 Å². The number of rotatable bonds is 12. The van der Waals surface area contributed by atoms with Crippen LogP contribution in [-0.2, 0) is 17.8 Å². The van der Waals surface area contributed by atoms with Crippen LogP contribution in [0.5, 0.6) is 0 Å². The highest BCUT2D eigenvalue weighted by Gasteiger charge is 2.22. The number of nitrogens with one attached hydrogen (secondary N) is 1. The van der Waals surface area contributed by atoms with Gasteiger partial charge in [-0.05, 0) is 48.9 Å². The number of thiazole rings is 1. The molecule has 0 saturated heterocycles. The van der Waals surface area contributed by atoms with E-state index in [-0.39, 0.29) is 11.8 Å². The summed E-state index contributed by atoms with van der Waals surface area (Å²) in [5.74, 6) is -1.23. The van der Waals surface area contributed by atoms with Crippen molar-refractivity contribution < 1.29 is 14.7 Å². The van der Waals surface area contributed by atoms with E-state index in [9.17, 15) is 14.7 Å². The third-order valence-corrected chi connectivity index (χ3v) is 7.55. The minimum Gasteiger partial charge on any atom is -0.480 e. The topological polar surface area (TPSA) is 82.5 Å². The van der Waals surface area contributed by atoms with Crippen molar-refractivity contribution >= 4 is 28.3 Å². The van der Waals surface area contributed by atoms with Crippen molar-refractivity contribution in [2.24, 2.45) is 5.92 Å². The molecule has 0 aliphatic carbocycles. The zero-order valence-electron chi connectivity index (χ0n) is 22.6. The molecule has 6 nitrogen and oxygen atoms in total. The van der Waals surface area contributed by atoms with Gasteiger partial charge >= 0.3 is 5.97 Å². The molecule has 0 aliphatic rings. The number of carbonyl (C=O) groups is 2. The Balaban J connectivity index is 1.52. The second kappa shape index (κ2) is 13.2. The molecule has 0 saturated carbocycles. The molecule has 0 spiro atoms. The molecule has 3 aromatic carbocycles.